The number of rotatable bonds is 12. The van der Waals surface area contributed by atoms with Crippen molar-refractivity contribution in [1.82, 2.24) is 9.88 Å². The minimum atomic E-state index is -0.545. The molecule has 2 atom stereocenters. The summed E-state index contributed by atoms with van der Waals surface area (Å²) in [5.41, 5.74) is 2.30. The zero-order valence-electron chi connectivity index (χ0n) is 22.5. The van der Waals surface area contributed by atoms with E-state index in [4.69, 9.17) is 9.47 Å². The highest BCUT2D eigenvalue weighted by atomic mass is 16.5. The predicted octanol–water partition coefficient (Wildman–Crippen LogP) is 4.79. The number of benzene rings is 2. The second-order valence-corrected chi connectivity index (χ2v) is 9.61. The van der Waals surface area contributed by atoms with Crippen LogP contribution in [0.4, 0.5) is 5.69 Å². The Morgan fingerprint density at radius 1 is 0.949 bits per heavy atom. The van der Waals surface area contributed by atoms with Crippen LogP contribution >= 0.6 is 0 Å². The Bertz CT molecular complexity index is 1250. The molecule has 0 unspecified atom stereocenters. The van der Waals surface area contributed by atoms with E-state index in [1.54, 1.807) is 49.6 Å². The van der Waals surface area contributed by atoms with E-state index < -0.39 is 12.0 Å². The highest BCUT2D eigenvalue weighted by molar-refractivity contribution is 5.96. The van der Waals surface area contributed by atoms with Crippen LogP contribution in [0.25, 0.3) is 0 Å². The summed E-state index contributed by atoms with van der Waals surface area (Å²) in [7, 11) is 3.18. The first-order chi connectivity index (χ1) is 19.0. The Morgan fingerprint density at radius 3 is 2.28 bits per heavy atom. The third-order valence-electron chi connectivity index (χ3n) is 7.14. The van der Waals surface area contributed by atoms with E-state index >= 15 is 0 Å². The molecular formula is C31H35N3O5. The number of ether oxygens (including phenoxy) is 2. The van der Waals surface area contributed by atoms with Crippen molar-refractivity contribution in [2.45, 2.75) is 50.5 Å². The Labute approximate surface area is 229 Å². The van der Waals surface area contributed by atoms with Crippen molar-refractivity contribution in [2.24, 2.45) is 0 Å². The van der Waals surface area contributed by atoms with E-state index in [0.29, 0.717) is 49.4 Å². The van der Waals surface area contributed by atoms with Gasteiger partial charge in [-0.25, -0.2) is 0 Å². The van der Waals surface area contributed by atoms with Gasteiger partial charge in [-0.1, -0.05) is 18.2 Å². The van der Waals surface area contributed by atoms with Crippen LogP contribution in [0.1, 0.15) is 49.3 Å². The van der Waals surface area contributed by atoms with Crippen LogP contribution in [0.5, 0.6) is 11.5 Å². The summed E-state index contributed by atoms with van der Waals surface area (Å²) in [6, 6.07) is 19.6. The summed E-state index contributed by atoms with van der Waals surface area (Å²) in [6.45, 7) is 0.581. The fourth-order valence-corrected chi connectivity index (χ4v) is 4.97. The third kappa shape index (κ3) is 7.44. The molecular weight excluding hydrogens is 494 g/mol. The minimum Gasteiger partial charge on any atom is -0.497 e. The van der Waals surface area contributed by atoms with Gasteiger partial charge in [0.05, 0.1) is 26.2 Å². The number of aryl methyl sites for hydroxylation is 1. The van der Waals surface area contributed by atoms with Crippen LogP contribution in [0, 0.1) is 0 Å². The van der Waals surface area contributed by atoms with Crippen molar-refractivity contribution in [1.29, 1.82) is 0 Å². The van der Waals surface area contributed by atoms with Gasteiger partial charge >= 0.3 is 0 Å². The number of amides is 2. The first-order valence-corrected chi connectivity index (χ1v) is 13.3. The highest BCUT2D eigenvalue weighted by Crippen LogP contribution is 2.28. The van der Waals surface area contributed by atoms with Gasteiger partial charge in [-0.15, -0.1) is 0 Å². The molecule has 1 N–H and O–H groups in total. The molecule has 8 heteroatoms. The zero-order chi connectivity index (χ0) is 27.6. The highest BCUT2D eigenvalue weighted by Gasteiger charge is 2.34. The van der Waals surface area contributed by atoms with E-state index in [0.717, 1.165) is 17.7 Å². The number of hydrogen-bond donors (Lipinski definition) is 1. The number of nitrogens with one attached hydrogen (secondary N) is 1. The van der Waals surface area contributed by atoms with Crippen molar-refractivity contribution < 1.29 is 23.9 Å². The molecule has 2 aromatic carbocycles. The van der Waals surface area contributed by atoms with Gasteiger partial charge in [0.2, 0.25) is 11.8 Å². The number of hydrogen-bond acceptors (Lipinski definition) is 6. The number of pyridine rings is 1. The van der Waals surface area contributed by atoms with Crippen LogP contribution in [0.15, 0.2) is 72.9 Å². The summed E-state index contributed by atoms with van der Waals surface area (Å²) < 4.78 is 10.5. The summed E-state index contributed by atoms with van der Waals surface area (Å²) >= 11 is 0. The van der Waals surface area contributed by atoms with Crippen molar-refractivity contribution in [3.8, 4) is 11.5 Å². The summed E-state index contributed by atoms with van der Waals surface area (Å²) in [6.07, 6.45) is 4.56. The Balaban J connectivity index is 1.41. The first kappa shape index (κ1) is 27.8. The molecule has 1 aromatic heterocycles. The second-order valence-electron chi connectivity index (χ2n) is 9.61. The topological polar surface area (TPSA) is 97.8 Å². The minimum absolute atomic E-state index is 0.00514. The largest absolute Gasteiger partial charge is 0.497 e. The summed E-state index contributed by atoms with van der Waals surface area (Å²) in [5, 5.41) is 2.97. The van der Waals surface area contributed by atoms with Crippen molar-refractivity contribution in [2.75, 3.05) is 26.1 Å². The molecule has 1 aliphatic heterocycles. The molecule has 204 valence electrons. The maximum absolute atomic E-state index is 13.4. The SMILES string of the molecule is COc1ccc(NC(=O)[C@@H](CCC(=O)[C@@H]2CCCN2C(=O)CCc2ccccn2)c2ccc(OC)cc2)cc1. The number of anilines is 1. The Morgan fingerprint density at radius 2 is 1.64 bits per heavy atom. The standard InChI is InChI=1S/C31H35N3O5/c1-38-25-13-8-22(9-14-25)27(31(37)33-24-10-15-26(39-2)16-11-24)17-18-29(35)28-7-5-21-34(28)30(36)19-12-23-6-3-4-20-32-23/h3-4,6,8-11,13-16,20,27-28H,5,7,12,17-19,21H2,1-2H3,(H,33,37)/t27-,28-/m0/s1. The number of aromatic nitrogens is 1. The number of nitrogens with zero attached hydrogens (tertiary/aromatic N) is 2. The molecule has 0 bridgehead atoms. The van der Waals surface area contributed by atoms with Gasteiger partial charge in [-0.3, -0.25) is 19.4 Å². The van der Waals surface area contributed by atoms with E-state index in [1.807, 2.05) is 42.5 Å². The fourth-order valence-electron chi connectivity index (χ4n) is 4.97. The lowest BCUT2D eigenvalue weighted by Crippen LogP contribution is -2.40. The van der Waals surface area contributed by atoms with Gasteiger partial charge in [0.25, 0.3) is 0 Å². The maximum atomic E-state index is 13.4. The monoisotopic (exact) mass is 529 g/mol. The molecule has 1 fully saturated rings. The molecule has 0 aliphatic carbocycles. The van der Waals surface area contributed by atoms with Gasteiger partial charge in [0, 0.05) is 37.0 Å². The van der Waals surface area contributed by atoms with Crippen LogP contribution < -0.4 is 14.8 Å². The van der Waals surface area contributed by atoms with Gasteiger partial charge < -0.3 is 19.7 Å². The molecule has 1 saturated heterocycles. The molecule has 3 aromatic rings. The number of carbonyl (C=O) groups excluding carboxylic acids is 3. The lowest BCUT2D eigenvalue weighted by atomic mass is 9.90. The fraction of sp³-hybridized carbons (Fsp3) is 0.355. The zero-order valence-corrected chi connectivity index (χ0v) is 22.5. The Kier molecular flexibility index (Phi) is 9.67. The number of Topliss-reactive ketones (excluding diaryl/α,β-unsaturated/α-hetero) is 1. The normalized spacial score (nSPS) is 15.4. The molecule has 0 saturated carbocycles. The van der Waals surface area contributed by atoms with Crippen LogP contribution in [-0.4, -0.2) is 54.3 Å². The molecule has 8 nitrogen and oxygen atoms in total. The van der Waals surface area contributed by atoms with Crippen molar-refractivity contribution >= 4 is 23.3 Å². The van der Waals surface area contributed by atoms with Gasteiger partial charge in [0.15, 0.2) is 5.78 Å². The van der Waals surface area contributed by atoms with E-state index in [2.05, 4.69) is 10.3 Å². The average Bonchev–Trinajstić information content (AvgIpc) is 3.48. The Hall–Kier alpha value is -4.20. The number of likely N-dealkylation sites (tertiary alicyclic amines) is 1. The van der Waals surface area contributed by atoms with Crippen LogP contribution in [0.2, 0.25) is 0 Å². The molecule has 4 rings (SSSR count). The number of carbonyl (C=O) groups is 3. The molecule has 39 heavy (non-hydrogen) atoms. The maximum Gasteiger partial charge on any atom is 0.231 e. The number of methoxy groups -OCH3 is 2. The lowest BCUT2D eigenvalue weighted by molar-refractivity contribution is -0.137. The number of ketones is 1. The summed E-state index contributed by atoms with van der Waals surface area (Å²) in [5.74, 6) is 0.607. The van der Waals surface area contributed by atoms with E-state index in [1.165, 1.54) is 0 Å². The van der Waals surface area contributed by atoms with E-state index in [9.17, 15) is 14.4 Å². The average molecular weight is 530 g/mol. The molecule has 2 heterocycles. The van der Waals surface area contributed by atoms with Crippen molar-refractivity contribution in [3.63, 3.8) is 0 Å². The lowest BCUT2D eigenvalue weighted by Gasteiger charge is -2.25. The van der Waals surface area contributed by atoms with Crippen LogP contribution in [0.3, 0.4) is 0 Å². The molecule has 0 spiro atoms. The quantitative estimate of drug-likeness (QED) is 0.362. The molecule has 0 radical (unpaired) electrons. The predicted molar refractivity (Wildman–Crippen MR) is 149 cm³/mol. The van der Waals surface area contributed by atoms with Gasteiger partial charge in [-0.05, 0) is 79.8 Å². The second kappa shape index (κ2) is 13.6. The van der Waals surface area contributed by atoms with Crippen molar-refractivity contribution in [3.05, 3.63) is 84.2 Å². The first-order valence-electron chi connectivity index (χ1n) is 13.3. The molecule has 2 amide bonds. The van der Waals surface area contributed by atoms with Gasteiger partial charge in [0.1, 0.15) is 11.5 Å². The van der Waals surface area contributed by atoms with Crippen LogP contribution in [-0.2, 0) is 20.8 Å². The third-order valence-corrected chi connectivity index (χ3v) is 7.14. The smallest absolute Gasteiger partial charge is 0.231 e. The van der Waals surface area contributed by atoms with Gasteiger partial charge in [-0.2, -0.15) is 0 Å². The molecule has 1 aliphatic rings. The summed E-state index contributed by atoms with van der Waals surface area (Å²) in [4.78, 5) is 45.7. The van der Waals surface area contributed by atoms with E-state index in [-0.39, 0.29) is 24.0 Å².